The summed E-state index contributed by atoms with van der Waals surface area (Å²) in [5.41, 5.74) is 2.01. The Balaban J connectivity index is 1.33. The van der Waals surface area contributed by atoms with E-state index in [9.17, 15) is 13.2 Å². The van der Waals surface area contributed by atoms with Crippen molar-refractivity contribution in [3.63, 3.8) is 0 Å². The van der Waals surface area contributed by atoms with Crippen LogP contribution in [-0.4, -0.2) is 27.5 Å². The van der Waals surface area contributed by atoms with Crippen molar-refractivity contribution in [1.82, 2.24) is 5.32 Å². The summed E-state index contributed by atoms with van der Waals surface area (Å²) in [5.74, 6) is 0.953. The number of thiophene rings is 1. The summed E-state index contributed by atoms with van der Waals surface area (Å²) in [7, 11) is -3.60. The Hall–Kier alpha value is -2.75. The van der Waals surface area contributed by atoms with Gasteiger partial charge in [-0.15, -0.1) is 11.3 Å². The third kappa shape index (κ3) is 5.53. The highest BCUT2D eigenvalue weighted by Crippen LogP contribution is 2.38. The number of nitrogens with one attached hydrogen (secondary N) is 2. The van der Waals surface area contributed by atoms with Gasteiger partial charge in [-0.05, 0) is 46.8 Å². The number of rotatable bonds is 7. The Morgan fingerprint density at radius 1 is 1.06 bits per heavy atom. The van der Waals surface area contributed by atoms with Crippen molar-refractivity contribution < 1.29 is 22.7 Å². The highest BCUT2D eigenvalue weighted by Gasteiger charge is 2.17. The fourth-order valence-corrected chi connectivity index (χ4v) is 5.49. The number of hydrogen-bond acceptors (Lipinski definition) is 6. The third-order valence-electron chi connectivity index (χ3n) is 4.68. The summed E-state index contributed by atoms with van der Waals surface area (Å²) in [6.07, 6.45) is 0.946. The van der Waals surface area contributed by atoms with E-state index in [1.54, 1.807) is 47.8 Å². The molecule has 0 saturated carbocycles. The van der Waals surface area contributed by atoms with Gasteiger partial charge in [0.2, 0.25) is 5.91 Å². The average Bonchev–Trinajstić information content (AvgIpc) is 3.21. The van der Waals surface area contributed by atoms with Crippen LogP contribution >= 0.6 is 22.9 Å². The number of carbonyl (C=O) groups excluding carboxylic acids is 1. The molecule has 3 aromatic rings. The van der Waals surface area contributed by atoms with Gasteiger partial charge in [-0.1, -0.05) is 29.8 Å². The van der Waals surface area contributed by atoms with Gasteiger partial charge in [0.1, 0.15) is 4.21 Å². The highest BCUT2D eigenvalue weighted by molar-refractivity contribution is 7.94. The van der Waals surface area contributed by atoms with E-state index in [1.807, 2.05) is 6.07 Å². The number of anilines is 1. The number of sulfonamides is 1. The molecular weight excluding hydrogens is 472 g/mol. The Labute approximate surface area is 195 Å². The lowest BCUT2D eigenvalue weighted by Gasteiger charge is -2.12. The Bertz CT molecular complexity index is 1200. The van der Waals surface area contributed by atoms with Crippen molar-refractivity contribution in [2.75, 3.05) is 17.9 Å². The minimum absolute atomic E-state index is 0.163. The first kappa shape index (κ1) is 22.4. The smallest absolute Gasteiger partial charge is 0.271 e. The number of fused-ring (bicyclic) bond motifs is 1. The largest absolute Gasteiger partial charge is 0.489 e. The average molecular weight is 493 g/mol. The van der Waals surface area contributed by atoms with Crippen LogP contribution < -0.4 is 19.5 Å². The van der Waals surface area contributed by atoms with Crippen LogP contribution in [0, 0.1) is 0 Å². The summed E-state index contributed by atoms with van der Waals surface area (Å²) in [4.78, 5) is 12.4. The Kier molecular flexibility index (Phi) is 6.88. The molecule has 0 aliphatic carbocycles. The molecule has 0 fully saturated rings. The summed E-state index contributed by atoms with van der Waals surface area (Å²) in [6.45, 7) is 1.41. The molecule has 4 rings (SSSR count). The first-order valence-corrected chi connectivity index (χ1v) is 12.6. The van der Waals surface area contributed by atoms with Crippen molar-refractivity contribution in [3.05, 3.63) is 70.1 Å². The van der Waals surface area contributed by atoms with Crippen LogP contribution in [-0.2, 0) is 27.8 Å². The molecule has 2 N–H and O–H groups in total. The molecule has 1 aromatic heterocycles. The lowest BCUT2D eigenvalue weighted by atomic mass is 10.1. The molecule has 10 heteroatoms. The Morgan fingerprint density at radius 3 is 2.59 bits per heavy atom. The lowest BCUT2D eigenvalue weighted by Crippen LogP contribution is -2.24. The normalized spacial score (nSPS) is 13.3. The van der Waals surface area contributed by atoms with E-state index >= 15 is 0 Å². The monoisotopic (exact) mass is 492 g/mol. The van der Waals surface area contributed by atoms with Gasteiger partial charge in [0.25, 0.3) is 10.0 Å². The van der Waals surface area contributed by atoms with Gasteiger partial charge in [-0.25, -0.2) is 8.42 Å². The number of halogens is 1. The second kappa shape index (κ2) is 9.81. The molecule has 0 atom stereocenters. The van der Waals surface area contributed by atoms with Gasteiger partial charge in [0.05, 0.1) is 24.7 Å². The number of carbonyl (C=O) groups is 1. The molecule has 7 nitrogen and oxygen atoms in total. The maximum Gasteiger partial charge on any atom is 0.271 e. The predicted octanol–water partition coefficient (Wildman–Crippen LogP) is 4.22. The molecule has 32 heavy (non-hydrogen) atoms. The molecule has 1 amide bonds. The summed E-state index contributed by atoms with van der Waals surface area (Å²) in [5, 5.41) is 5.02. The molecule has 1 aliphatic rings. The summed E-state index contributed by atoms with van der Waals surface area (Å²) in [6, 6.07) is 13.5. The number of ether oxygens (including phenoxy) is 2. The highest BCUT2D eigenvalue weighted by atomic mass is 35.5. The van der Waals surface area contributed by atoms with Crippen LogP contribution in [0.5, 0.6) is 11.5 Å². The summed E-state index contributed by atoms with van der Waals surface area (Å²) < 4.78 is 38.6. The third-order valence-corrected chi connectivity index (χ3v) is 7.74. The standard InChI is InChI=1S/C22H21ClN2O5S2/c23-18-11-16(12-19-22(18)30-9-2-8-29-19)14-24-20(26)13-15-4-6-17(7-5-15)25-32(27,28)21-3-1-10-31-21/h1,3-7,10-12,25H,2,8-9,13-14H2,(H,24,26). The van der Waals surface area contributed by atoms with E-state index in [2.05, 4.69) is 10.0 Å². The van der Waals surface area contributed by atoms with E-state index in [0.29, 0.717) is 42.0 Å². The Morgan fingerprint density at radius 2 is 1.84 bits per heavy atom. The van der Waals surface area contributed by atoms with Crippen LogP contribution in [0.2, 0.25) is 5.02 Å². The number of hydrogen-bond donors (Lipinski definition) is 2. The fraction of sp³-hybridized carbons (Fsp3) is 0.227. The molecule has 0 bridgehead atoms. The van der Waals surface area contributed by atoms with Crippen LogP contribution in [0.25, 0.3) is 0 Å². The molecule has 0 saturated heterocycles. The fourth-order valence-electron chi connectivity index (χ4n) is 3.15. The molecule has 168 valence electrons. The van der Waals surface area contributed by atoms with E-state index in [4.69, 9.17) is 21.1 Å². The maximum absolute atomic E-state index is 12.4. The van der Waals surface area contributed by atoms with Gasteiger partial charge in [-0.2, -0.15) is 0 Å². The van der Waals surface area contributed by atoms with E-state index in [0.717, 1.165) is 28.9 Å². The number of amides is 1. The molecule has 0 radical (unpaired) electrons. The van der Waals surface area contributed by atoms with Crippen LogP contribution in [0.3, 0.4) is 0 Å². The van der Waals surface area contributed by atoms with Crippen LogP contribution in [0.15, 0.2) is 58.1 Å². The first-order valence-electron chi connectivity index (χ1n) is 9.91. The number of benzene rings is 2. The second-order valence-electron chi connectivity index (χ2n) is 7.14. The molecule has 2 aromatic carbocycles. The zero-order valence-corrected chi connectivity index (χ0v) is 19.4. The zero-order chi connectivity index (χ0) is 22.6. The molecule has 0 spiro atoms. The van der Waals surface area contributed by atoms with Crippen molar-refractivity contribution >= 4 is 44.6 Å². The van der Waals surface area contributed by atoms with Crippen LogP contribution in [0.1, 0.15) is 17.5 Å². The zero-order valence-electron chi connectivity index (χ0n) is 17.0. The minimum atomic E-state index is -3.60. The molecule has 2 heterocycles. The van der Waals surface area contributed by atoms with Crippen molar-refractivity contribution in [3.8, 4) is 11.5 Å². The van der Waals surface area contributed by atoms with Gasteiger partial charge in [-0.3, -0.25) is 9.52 Å². The van der Waals surface area contributed by atoms with Gasteiger partial charge in [0, 0.05) is 18.7 Å². The van der Waals surface area contributed by atoms with E-state index in [1.165, 1.54) is 0 Å². The topological polar surface area (TPSA) is 93.7 Å². The van der Waals surface area contributed by atoms with Gasteiger partial charge >= 0.3 is 0 Å². The molecular formula is C22H21ClN2O5S2. The second-order valence-corrected chi connectivity index (χ2v) is 10.4. The minimum Gasteiger partial charge on any atom is -0.489 e. The SMILES string of the molecule is O=C(Cc1ccc(NS(=O)(=O)c2cccs2)cc1)NCc1cc(Cl)c2c(c1)OCCCO2. The lowest BCUT2D eigenvalue weighted by molar-refractivity contribution is -0.120. The quantitative estimate of drug-likeness (QED) is 0.515. The molecule has 0 unspecified atom stereocenters. The van der Waals surface area contributed by atoms with Gasteiger partial charge in [0.15, 0.2) is 11.5 Å². The van der Waals surface area contributed by atoms with Crippen molar-refractivity contribution in [1.29, 1.82) is 0 Å². The van der Waals surface area contributed by atoms with E-state index in [-0.39, 0.29) is 16.5 Å². The van der Waals surface area contributed by atoms with Gasteiger partial charge < -0.3 is 14.8 Å². The summed E-state index contributed by atoms with van der Waals surface area (Å²) >= 11 is 7.44. The van der Waals surface area contributed by atoms with Crippen LogP contribution in [0.4, 0.5) is 5.69 Å². The predicted molar refractivity (Wildman–Crippen MR) is 124 cm³/mol. The first-order chi connectivity index (χ1) is 15.4. The maximum atomic E-state index is 12.4. The van der Waals surface area contributed by atoms with E-state index < -0.39 is 10.0 Å². The van der Waals surface area contributed by atoms with Crippen molar-refractivity contribution in [2.24, 2.45) is 0 Å². The molecule has 1 aliphatic heterocycles. The van der Waals surface area contributed by atoms with Crippen molar-refractivity contribution in [2.45, 2.75) is 23.6 Å².